The molecule has 5 nitrogen and oxygen atoms in total. The third kappa shape index (κ3) is 5.23. The molecule has 92 valence electrons. The topological polar surface area (TPSA) is 52.0 Å². The summed E-state index contributed by atoms with van der Waals surface area (Å²) in [6, 6.07) is 0. The molecule has 1 rings (SSSR count). The highest BCUT2D eigenvalue weighted by molar-refractivity contribution is 4.91. The maximum Gasteiger partial charge on any atom is 0.0827 e. The Bertz CT molecular complexity index is 287. The molecule has 0 bridgehead atoms. The van der Waals surface area contributed by atoms with Crippen molar-refractivity contribution in [3.63, 3.8) is 0 Å². The van der Waals surface area contributed by atoms with E-state index < -0.39 is 0 Å². The van der Waals surface area contributed by atoms with E-state index in [1.807, 2.05) is 13.2 Å². The second kappa shape index (κ2) is 7.35. The van der Waals surface area contributed by atoms with E-state index >= 15 is 0 Å². The number of aryl methyl sites for hydroxylation is 2. The van der Waals surface area contributed by atoms with Crippen LogP contribution in [0.1, 0.15) is 19.0 Å². The van der Waals surface area contributed by atoms with Gasteiger partial charge < -0.3 is 10.1 Å². The first-order valence-corrected chi connectivity index (χ1v) is 5.77. The average Bonchev–Trinajstić information content (AvgIpc) is 2.68. The summed E-state index contributed by atoms with van der Waals surface area (Å²) in [6.45, 7) is 4.97. The van der Waals surface area contributed by atoms with Gasteiger partial charge in [0.05, 0.1) is 12.3 Å². The van der Waals surface area contributed by atoms with Crippen LogP contribution in [0, 0.1) is 5.92 Å². The summed E-state index contributed by atoms with van der Waals surface area (Å²) >= 11 is 0. The quantitative estimate of drug-likeness (QED) is 0.660. The van der Waals surface area contributed by atoms with Gasteiger partial charge in [-0.15, -0.1) is 5.10 Å². The summed E-state index contributed by atoms with van der Waals surface area (Å²) in [5.74, 6) is 0.652. The van der Waals surface area contributed by atoms with Gasteiger partial charge in [-0.05, 0) is 25.3 Å². The van der Waals surface area contributed by atoms with Gasteiger partial charge in [0.1, 0.15) is 0 Å². The van der Waals surface area contributed by atoms with E-state index in [1.165, 1.54) is 0 Å². The molecule has 16 heavy (non-hydrogen) atoms. The van der Waals surface area contributed by atoms with Crippen molar-refractivity contribution in [1.29, 1.82) is 0 Å². The maximum absolute atomic E-state index is 4.97. The van der Waals surface area contributed by atoms with Gasteiger partial charge in [-0.25, -0.2) is 0 Å². The molecule has 1 unspecified atom stereocenters. The fourth-order valence-electron chi connectivity index (χ4n) is 1.53. The zero-order valence-electron chi connectivity index (χ0n) is 10.4. The predicted octanol–water partition coefficient (Wildman–Crippen LogP) is 0.620. The van der Waals surface area contributed by atoms with Gasteiger partial charge >= 0.3 is 0 Å². The number of nitrogens with zero attached hydrogens (tertiary/aromatic N) is 3. The summed E-state index contributed by atoms with van der Waals surface area (Å²) in [5, 5.41) is 11.3. The van der Waals surface area contributed by atoms with Gasteiger partial charge in [-0.3, -0.25) is 4.68 Å². The first kappa shape index (κ1) is 13.1. The van der Waals surface area contributed by atoms with Crippen LogP contribution in [0.2, 0.25) is 0 Å². The highest BCUT2D eigenvalue weighted by atomic mass is 16.5. The second-order valence-corrected chi connectivity index (χ2v) is 4.22. The molecular weight excluding hydrogens is 204 g/mol. The van der Waals surface area contributed by atoms with Crippen LogP contribution < -0.4 is 5.32 Å². The zero-order valence-corrected chi connectivity index (χ0v) is 10.4. The van der Waals surface area contributed by atoms with E-state index in [0.29, 0.717) is 5.92 Å². The third-order valence-corrected chi connectivity index (χ3v) is 2.52. The number of nitrogens with one attached hydrogen (secondary N) is 1. The minimum absolute atomic E-state index is 0.652. The Morgan fingerprint density at radius 2 is 2.38 bits per heavy atom. The Morgan fingerprint density at radius 1 is 1.56 bits per heavy atom. The number of hydrogen-bond donors (Lipinski definition) is 1. The van der Waals surface area contributed by atoms with E-state index in [1.54, 1.807) is 11.8 Å². The fourth-order valence-corrected chi connectivity index (χ4v) is 1.53. The molecule has 0 aliphatic rings. The SMILES string of the molecule is COCCNCC(C)CCc1cn(C)nn1. The lowest BCUT2D eigenvalue weighted by Crippen LogP contribution is -2.25. The fraction of sp³-hybridized carbons (Fsp3) is 0.818. The summed E-state index contributed by atoms with van der Waals surface area (Å²) in [4.78, 5) is 0. The van der Waals surface area contributed by atoms with Crippen molar-refractivity contribution in [2.45, 2.75) is 19.8 Å². The van der Waals surface area contributed by atoms with Gasteiger partial charge in [0.2, 0.25) is 0 Å². The predicted molar refractivity (Wildman–Crippen MR) is 63.2 cm³/mol. The molecule has 0 amide bonds. The molecule has 1 aromatic heterocycles. The Hall–Kier alpha value is -0.940. The molecule has 1 atom stereocenters. The van der Waals surface area contributed by atoms with Gasteiger partial charge in [0.15, 0.2) is 0 Å². The van der Waals surface area contributed by atoms with Gasteiger partial charge in [0.25, 0.3) is 0 Å². The van der Waals surface area contributed by atoms with Crippen LogP contribution in [0.3, 0.4) is 0 Å². The number of methoxy groups -OCH3 is 1. The van der Waals surface area contributed by atoms with Crippen LogP contribution in [0.4, 0.5) is 0 Å². The van der Waals surface area contributed by atoms with Gasteiger partial charge in [-0.1, -0.05) is 12.1 Å². The highest BCUT2D eigenvalue weighted by Gasteiger charge is 2.04. The van der Waals surface area contributed by atoms with Crippen LogP contribution in [-0.2, 0) is 18.2 Å². The van der Waals surface area contributed by atoms with E-state index in [4.69, 9.17) is 4.74 Å². The Kier molecular flexibility index (Phi) is 6.03. The molecule has 0 aromatic carbocycles. The summed E-state index contributed by atoms with van der Waals surface area (Å²) < 4.78 is 6.72. The second-order valence-electron chi connectivity index (χ2n) is 4.22. The standard InChI is InChI=1S/C11H22N4O/c1-10(8-12-6-7-16-3)4-5-11-9-15(2)14-13-11/h9-10,12H,4-8H2,1-3H3. The molecule has 5 heteroatoms. The number of aromatic nitrogens is 3. The van der Waals surface area contributed by atoms with Crippen LogP contribution in [0.5, 0.6) is 0 Å². The first-order valence-electron chi connectivity index (χ1n) is 5.77. The molecule has 1 heterocycles. The van der Waals surface area contributed by atoms with Crippen LogP contribution in [-0.4, -0.2) is 41.8 Å². The van der Waals surface area contributed by atoms with Crippen LogP contribution in [0.25, 0.3) is 0 Å². The molecule has 0 aliphatic heterocycles. The Labute approximate surface area is 97.2 Å². The van der Waals surface area contributed by atoms with E-state index in [0.717, 1.165) is 38.2 Å². The van der Waals surface area contributed by atoms with Crippen molar-refractivity contribution < 1.29 is 4.74 Å². The Morgan fingerprint density at radius 3 is 3.00 bits per heavy atom. The lowest BCUT2D eigenvalue weighted by atomic mass is 10.0. The van der Waals surface area contributed by atoms with Crippen molar-refractivity contribution in [2.75, 3.05) is 26.8 Å². The van der Waals surface area contributed by atoms with Crippen LogP contribution >= 0.6 is 0 Å². The summed E-state index contributed by atoms with van der Waals surface area (Å²) in [5.41, 5.74) is 1.08. The van der Waals surface area contributed by atoms with E-state index in [-0.39, 0.29) is 0 Å². The zero-order chi connectivity index (χ0) is 11.8. The summed E-state index contributed by atoms with van der Waals surface area (Å²) in [6.07, 6.45) is 4.12. The van der Waals surface area contributed by atoms with E-state index in [2.05, 4.69) is 22.6 Å². The monoisotopic (exact) mass is 226 g/mol. The van der Waals surface area contributed by atoms with Gasteiger partial charge in [-0.2, -0.15) is 0 Å². The number of hydrogen-bond acceptors (Lipinski definition) is 4. The van der Waals surface area contributed by atoms with Crippen molar-refractivity contribution >= 4 is 0 Å². The maximum atomic E-state index is 4.97. The molecule has 0 fully saturated rings. The average molecular weight is 226 g/mol. The minimum Gasteiger partial charge on any atom is -0.383 e. The van der Waals surface area contributed by atoms with Crippen molar-refractivity contribution in [2.24, 2.45) is 13.0 Å². The molecule has 0 saturated carbocycles. The molecule has 0 radical (unpaired) electrons. The molecule has 0 spiro atoms. The molecular formula is C11H22N4O. The Balaban J connectivity index is 2.08. The molecule has 1 N–H and O–H groups in total. The molecule has 0 aliphatic carbocycles. The lowest BCUT2D eigenvalue weighted by Gasteiger charge is -2.11. The number of ether oxygens (including phenoxy) is 1. The van der Waals surface area contributed by atoms with Crippen LogP contribution in [0.15, 0.2) is 6.20 Å². The lowest BCUT2D eigenvalue weighted by molar-refractivity contribution is 0.198. The summed E-state index contributed by atoms with van der Waals surface area (Å²) in [7, 11) is 3.62. The largest absolute Gasteiger partial charge is 0.383 e. The third-order valence-electron chi connectivity index (χ3n) is 2.52. The van der Waals surface area contributed by atoms with Gasteiger partial charge in [0, 0.05) is 26.9 Å². The number of rotatable bonds is 8. The minimum atomic E-state index is 0.652. The normalized spacial score (nSPS) is 12.9. The molecule has 0 saturated heterocycles. The van der Waals surface area contributed by atoms with Crippen molar-refractivity contribution in [3.05, 3.63) is 11.9 Å². The molecule has 1 aromatic rings. The van der Waals surface area contributed by atoms with Crippen molar-refractivity contribution in [3.8, 4) is 0 Å². The van der Waals surface area contributed by atoms with Crippen molar-refractivity contribution in [1.82, 2.24) is 20.3 Å². The smallest absolute Gasteiger partial charge is 0.0827 e. The van der Waals surface area contributed by atoms with E-state index in [9.17, 15) is 0 Å². The first-order chi connectivity index (χ1) is 7.72. The highest BCUT2D eigenvalue weighted by Crippen LogP contribution is 2.05.